The fraction of sp³-hybridized carbons (Fsp3) is 0.500. The highest BCUT2D eigenvalue weighted by atomic mass is 16.6. The van der Waals surface area contributed by atoms with Crippen LogP contribution in [0.15, 0.2) is 18.2 Å². The molecule has 0 aliphatic carbocycles. The Kier molecular flexibility index (Phi) is 6.22. The van der Waals surface area contributed by atoms with Crippen molar-refractivity contribution >= 4 is 29.2 Å². The number of nitrogens with zero attached hydrogens (tertiary/aromatic N) is 2. The Balaban J connectivity index is 2.08. The standard InChI is InChI=1S/C18H24N4O6/c1-11(2)7-8-18(3)16(24)21(17(25)20-18)10-15(23)19-13-6-5-12(22(26)27)9-14(13)28-4/h5-6,9,11H,7-8,10H2,1-4H3,(H,19,23)(H,20,25)/t18-/m1/s1. The van der Waals surface area contributed by atoms with E-state index in [0.717, 1.165) is 11.3 Å². The summed E-state index contributed by atoms with van der Waals surface area (Å²) in [4.78, 5) is 48.3. The zero-order chi connectivity index (χ0) is 21.1. The van der Waals surface area contributed by atoms with E-state index in [1.165, 1.54) is 25.3 Å². The number of non-ortho nitro benzene ring substituents is 1. The van der Waals surface area contributed by atoms with Gasteiger partial charge in [-0.3, -0.25) is 24.6 Å². The van der Waals surface area contributed by atoms with Crippen LogP contribution < -0.4 is 15.4 Å². The molecule has 152 valence electrons. The molecule has 1 saturated heterocycles. The molecule has 0 bridgehead atoms. The van der Waals surface area contributed by atoms with E-state index in [0.29, 0.717) is 12.3 Å². The number of rotatable bonds is 8. The molecule has 10 nitrogen and oxygen atoms in total. The molecule has 10 heteroatoms. The molecule has 2 rings (SSSR count). The first kappa shape index (κ1) is 21.1. The molecule has 1 aromatic carbocycles. The van der Waals surface area contributed by atoms with Gasteiger partial charge in [-0.05, 0) is 31.7 Å². The van der Waals surface area contributed by atoms with Gasteiger partial charge in [-0.25, -0.2) is 4.79 Å². The van der Waals surface area contributed by atoms with E-state index >= 15 is 0 Å². The first-order valence-electron chi connectivity index (χ1n) is 8.84. The molecule has 0 radical (unpaired) electrons. The molecule has 0 spiro atoms. The number of benzene rings is 1. The largest absolute Gasteiger partial charge is 0.494 e. The number of nitro groups is 1. The van der Waals surface area contributed by atoms with Gasteiger partial charge in [-0.2, -0.15) is 0 Å². The second-order valence-corrected chi connectivity index (χ2v) is 7.28. The van der Waals surface area contributed by atoms with Crippen molar-refractivity contribution in [2.75, 3.05) is 19.0 Å². The molecule has 1 aliphatic heterocycles. The van der Waals surface area contributed by atoms with Crippen LogP contribution in [0.5, 0.6) is 5.75 Å². The maximum atomic E-state index is 12.6. The van der Waals surface area contributed by atoms with E-state index in [-0.39, 0.29) is 17.1 Å². The molecule has 1 atom stereocenters. The van der Waals surface area contributed by atoms with Crippen LogP contribution in [0.4, 0.5) is 16.2 Å². The van der Waals surface area contributed by atoms with E-state index in [9.17, 15) is 24.5 Å². The predicted molar refractivity (Wildman–Crippen MR) is 101 cm³/mol. The van der Waals surface area contributed by atoms with Gasteiger partial charge in [-0.15, -0.1) is 0 Å². The molecule has 28 heavy (non-hydrogen) atoms. The minimum absolute atomic E-state index is 0.0986. The SMILES string of the molecule is COc1cc([N+](=O)[O-])ccc1NC(=O)CN1C(=O)N[C@](C)(CCC(C)C)C1=O. The maximum Gasteiger partial charge on any atom is 0.325 e. The number of hydrogen-bond donors (Lipinski definition) is 2. The lowest BCUT2D eigenvalue weighted by Gasteiger charge is -2.22. The average molecular weight is 392 g/mol. The minimum atomic E-state index is -1.04. The van der Waals surface area contributed by atoms with E-state index in [4.69, 9.17) is 4.74 Å². The number of nitrogens with one attached hydrogen (secondary N) is 2. The average Bonchev–Trinajstić information content (AvgIpc) is 2.83. The zero-order valence-corrected chi connectivity index (χ0v) is 16.3. The van der Waals surface area contributed by atoms with E-state index in [2.05, 4.69) is 10.6 Å². The van der Waals surface area contributed by atoms with Crippen molar-refractivity contribution in [2.24, 2.45) is 5.92 Å². The van der Waals surface area contributed by atoms with Gasteiger partial charge in [0, 0.05) is 6.07 Å². The summed E-state index contributed by atoms with van der Waals surface area (Å²) >= 11 is 0. The molecule has 1 aromatic rings. The molecule has 2 N–H and O–H groups in total. The summed E-state index contributed by atoms with van der Waals surface area (Å²) in [6.07, 6.45) is 1.23. The Labute approximate surface area is 162 Å². The Hall–Kier alpha value is -3.17. The molecule has 4 amide bonds. The second-order valence-electron chi connectivity index (χ2n) is 7.28. The highest BCUT2D eigenvalue weighted by Gasteiger charge is 2.47. The summed E-state index contributed by atoms with van der Waals surface area (Å²) < 4.78 is 5.06. The quantitative estimate of drug-likeness (QED) is 0.396. The van der Waals surface area contributed by atoms with Crippen molar-refractivity contribution in [3.63, 3.8) is 0 Å². The molecule has 0 saturated carbocycles. The number of amides is 4. The zero-order valence-electron chi connectivity index (χ0n) is 16.3. The van der Waals surface area contributed by atoms with Crippen molar-refractivity contribution in [3.8, 4) is 5.75 Å². The third kappa shape index (κ3) is 4.56. The van der Waals surface area contributed by atoms with Gasteiger partial charge in [0.15, 0.2) is 0 Å². The van der Waals surface area contributed by atoms with Crippen LogP contribution in [0.3, 0.4) is 0 Å². The summed E-state index contributed by atoms with van der Waals surface area (Å²) in [6.45, 7) is 5.22. The molecule has 1 aliphatic rings. The molecular formula is C18H24N4O6. The lowest BCUT2D eigenvalue weighted by Crippen LogP contribution is -2.44. The number of carbonyl (C=O) groups excluding carboxylic acids is 3. The summed E-state index contributed by atoms with van der Waals surface area (Å²) in [5, 5.41) is 16.0. The van der Waals surface area contributed by atoms with Gasteiger partial charge in [0.25, 0.3) is 11.6 Å². The van der Waals surface area contributed by atoms with Crippen LogP contribution in [0.25, 0.3) is 0 Å². The van der Waals surface area contributed by atoms with Crippen LogP contribution in [-0.4, -0.2) is 46.9 Å². The van der Waals surface area contributed by atoms with E-state index in [1.807, 2.05) is 13.8 Å². The topological polar surface area (TPSA) is 131 Å². The summed E-state index contributed by atoms with van der Waals surface area (Å²) in [6, 6.07) is 3.09. The van der Waals surface area contributed by atoms with Crippen molar-refractivity contribution in [1.82, 2.24) is 10.2 Å². The van der Waals surface area contributed by atoms with Crippen molar-refractivity contribution in [1.29, 1.82) is 0 Å². The second kappa shape index (κ2) is 8.24. The number of hydrogen-bond acceptors (Lipinski definition) is 6. The minimum Gasteiger partial charge on any atom is -0.494 e. The van der Waals surface area contributed by atoms with Gasteiger partial charge < -0.3 is 15.4 Å². The first-order valence-corrected chi connectivity index (χ1v) is 8.84. The Morgan fingerprint density at radius 2 is 2.07 bits per heavy atom. The lowest BCUT2D eigenvalue weighted by molar-refractivity contribution is -0.384. The highest BCUT2D eigenvalue weighted by Crippen LogP contribution is 2.29. The number of ether oxygens (including phenoxy) is 1. The van der Waals surface area contributed by atoms with Crippen molar-refractivity contribution in [2.45, 2.75) is 39.2 Å². The fourth-order valence-electron chi connectivity index (χ4n) is 2.87. The number of nitro benzene ring substituents is 1. The van der Waals surface area contributed by atoms with E-state index < -0.39 is 34.9 Å². The number of anilines is 1. The fourth-order valence-corrected chi connectivity index (χ4v) is 2.87. The maximum absolute atomic E-state index is 12.6. The van der Waals surface area contributed by atoms with E-state index in [1.54, 1.807) is 6.92 Å². The van der Waals surface area contributed by atoms with Crippen LogP contribution >= 0.6 is 0 Å². The third-order valence-corrected chi connectivity index (χ3v) is 4.54. The third-order valence-electron chi connectivity index (χ3n) is 4.54. The van der Waals surface area contributed by atoms with Crippen molar-refractivity contribution in [3.05, 3.63) is 28.3 Å². The summed E-state index contributed by atoms with van der Waals surface area (Å²) in [5.41, 5.74) is -1.02. The molecule has 1 fully saturated rings. The van der Waals surface area contributed by atoms with Gasteiger partial charge >= 0.3 is 6.03 Å². The van der Waals surface area contributed by atoms with Gasteiger partial charge in [0.1, 0.15) is 17.8 Å². The van der Waals surface area contributed by atoms with Gasteiger partial charge in [-0.1, -0.05) is 13.8 Å². The predicted octanol–water partition coefficient (Wildman–Crippen LogP) is 2.29. The lowest BCUT2D eigenvalue weighted by atomic mass is 9.92. The monoisotopic (exact) mass is 392 g/mol. The normalized spacial score (nSPS) is 19.0. The Morgan fingerprint density at radius 3 is 2.64 bits per heavy atom. The molecule has 1 heterocycles. The summed E-state index contributed by atoms with van der Waals surface area (Å²) in [7, 11) is 1.31. The van der Waals surface area contributed by atoms with Crippen LogP contribution in [-0.2, 0) is 9.59 Å². The Morgan fingerprint density at radius 1 is 1.39 bits per heavy atom. The van der Waals surface area contributed by atoms with Crippen molar-refractivity contribution < 1.29 is 24.0 Å². The molecule has 0 unspecified atom stereocenters. The molecular weight excluding hydrogens is 368 g/mol. The molecule has 0 aromatic heterocycles. The summed E-state index contributed by atoms with van der Waals surface area (Å²) in [5.74, 6) is -0.609. The number of carbonyl (C=O) groups is 3. The van der Waals surface area contributed by atoms with Crippen LogP contribution in [0, 0.1) is 16.0 Å². The number of methoxy groups -OCH3 is 1. The van der Waals surface area contributed by atoms with Gasteiger partial charge in [0.2, 0.25) is 5.91 Å². The highest BCUT2D eigenvalue weighted by molar-refractivity contribution is 6.10. The number of urea groups is 1. The number of imide groups is 1. The smallest absolute Gasteiger partial charge is 0.325 e. The van der Waals surface area contributed by atoms with Gasteiger partial charge in [0.05, 0.1) is 23.8 Å². The van der Waals surface area contributed by atoms with Crippen LogP contribution in [0.1, 0.15) is 33.6 Å². The van der Waals surface area contributed by atoms with Crippen LogP contribution in [0.2, 0.25) is 0 Å². The first-order chi connectivity index (χ1) is 13.1. The Bertz CT molecular complexity index is 809.